The predicted molar refractivity (Wildman–Crippen MR) is 88.4 cm³/mol. The number of carbonyl (C=O) groups is 1. The Morgan fingerprint density at radius 3 is 2.62 bits per heavy atom. The smallest absolute Gasteiger partial charge is 0.223 e. The van der Waals surface area contributed by atoms with Gasteiger partial charge in [0.25, 0.3) is 0 Å². The maximum atomic E-state index is 12.1. The van der Waals surface area contributed by atoms with Crippen molar-refractivity contribution in [3.8, 4) is 0 Å². The van der Waals surface area contributed by atoms with Crippen molar-refractivity contribution in [1.82, 2.24) is 4.90 Å². The SMILES string of the molecule is Cc1cc(Br)ccc1CCC(=O)N1CC(OC(C)(C)C)C1. The Morgan fingerprint density at radius 1 is 1.38 bits per heavy atom. The average molecular weight is 354 g/mol. The molecule has 1 aromatic carbocycles. The van der Waals surface area contributed by atoms with Gasteiger partial charge in [-0.25, -0.2) is 0 Å². The molecule has 0 spiro atoms. The van der Waals surface area contributed by atoms with Crippen molar-refractivity contribution in [1.29, 1.82) is 0 Å². The minimum atomic E-state index is -0.131. The number of nitrogens with zero attached hydrogens (tertiary/aromatic N) is 1. The van der Waals surface area contributed by atoms with Gasteiger partial charge < -0.3 is 9.64 Å². The number of aryl methyl sites for hydroxylation is 2. The molecule has 0 bridgehead atoms. The van der Waals surface area contributed by atoms with Gasteiger partial charge in [-0.3, -0.25) is 4.79 Å². The van der Waals surface area contributed by atoms with Crippen LogP contribution in [0.25, 0.3) is 0 Å². The first kappa shape index (κ1) is 16.5. The monoisotopic (exact) mass is 353 g/mol. The van der Waals surface area contributed by atoms with Crippen molar-refractivity contribution >= 4 is 21.8 Å². The van der Waals surface area contributed by atoms with Crippen LogP contribution in [0.2, 0.25) is 0 Å². The zero-order valence-corrected chi connectivity index (χ0v) is 14.9. The van der Waals surface area contributed by atoms with Gasteiger partial charge in [-0.05, 0) is 57.4 Å². The highest BCUT2D eigenvalue weighted by atomic mass is 79.9. The molecule has 4 heteroatoms. The molecule has 0 radical (unpaired) electrons. The summed E-state index contributed by atoms with van der Waals surface area (Å²) in [5.74, 6) is 0.228. The van der Waals surface area contributed by atoms with E-state index in [1.165, 1.54) is 11.1 Å². The lowest BCUT2D eigenvalue weighted by atomic mass is 10.0. The van der Waals surface area contributed by atoms with E-state index in [4.69, 9.17) is 4.74 Å². The van der Waals surface area contributed by atoms with Crippen molar-refractivity contribution < 1.29 is 9.53 Å². The fraction of sp³-hybridized carbons (Fsp3) is 0.588. The Balaban J connectivity index is 1.76. The third-order valence-electron chi connectivity index (χ3n) is 3.63. The molecule has 1 aliphatic heterocycles. The fourth-order valence-corrected chi connectivity index (χ4v) is 3.03. The van der Waals surface area contributed by atoms with Crippen molar-refractivity contribution in [3.05, 3.63) is 33.8 Å². The summed E-state index contributed by atoms with van der Waals surface area (Å²) in [7, 11) is 0. The summed E-state index contributed by atoms with van der Waals surface area (Å²) in [6.45, 7) is 9.70. The second-order valence-corrected chi connectivity index (χ2v) is 7.64. The van der Waals surface area contributed by atoms with Crippen LogP contribution in [0.3, 0.4) is 0 Å². The van der Waals surface area contributed by atoms with Gasteiger partial charge >= 0.3 is 0 Å². The first-order valence-corrected chi connectivity index (χ1v) is 8.24. The summed E-state index contributed by atoms with van der Waals surface area (Å²) in [5, 5.41) is 0. The van der Waals surface area contributed by atoms with Crippen LogP contribution in [0.5, 0.6) is 0 Å². The molecule has 0 N–H and O–H groups in total. The fourth-order valence-electron chi connectivity index (χ4n) is 2.56. The van der Waals surface area contributed by atoms with Crippen LogP contribution in [0.15, 0.2) is 22.7 Å². The normalized spacial score (nSPS) is 16.0. The summed E-state index contributed by atoms with van der Waals surface area (Å²) in [4.78, 5) is 14.0. The first-order chi connectivity index (χ1) is 9.74. The van der Waals surface area contributed by atoms with E-state index in [-0.39, 0.29) is 17.6 Å². The molecular weight excluding hydrogens is 330 g/mol. The van der Waals surface area contributed by atoms with Crippen molar-refractivity contribution in [2.24, 2.45) is 0 Å². The lowest BCUT2D eigenvalue weighted by Gasteiger charge is -2.42. The molecule has 0 unspecified atom stereocenters. The van der Waals surface area contributed by atoms with Crippen molar-refractivity contribution in [3.63, 3.8) is 0 Å². The molecule has 0 atom stereocenters. The lowest BCUT2D eigenvalue weighted by Crippen LogP contribution is -2.56. The molecule has 116 valence electrons. The minimum Gasteiger partial charge on any atom is -0.369 e. The van der Waals surface area contributed by atoms with E-state index in [0.29, 0.717) is 6.42 Å². The summed E-state index contributed by atoms with van der Waals surface area (Å²) >= 11 is 3.46. The number of halogens is 1. The van der Waals surface area contributed by atoms with E-state index < -0.39 is 0 Å². The van der Waals surface area contributed by atoms with E-state index in [0.717, 1.165) is 24.0 Å². The van der Waals surface area contributed by atoms with E-state index in [1.807, 2.05) is 31.7 Å². The van der Waals surface area contributed by atoms with E-state index in [1.54, 1.807) is 0 Å². The summed E-state index contributed by atoms with van der Waals surface area (Å²) < 4.78 is 6.93. The average Bonchev–Trinajstić information content (AvgIpc) is 2.30. The second-order valence-electron chi connectivity index (χ2n) is 6.72. The van der Waals surface area contributed by atoms with Gasteiger partial charge in [-0.2, -0.15) is 0 Å². The van der Waals surface area contributed by atoms with E-state index >= 15 is 0 Å². The molecule has 3 nitrogen and oxygen atoms in total. The van der Waals surface area contributed by atoms with Crippen LogP contribution < -0.4 is 0 Å². The minimum absolute atomic E-state index is 0.131. The van der Waals surface area contributed by atoms with Crippen LogP contribution in [0, 0.1) is 6.92 Å². The Hall–Kier alpha value is -0.870. The van der Waals surface area contributed by atoms with Crippen LogP contribution in [0.4, 0.5) is 0 Å². The molecule has 0 aliphatic carbocycles. The molecule has 1 aromatic rings. The van der Waals surface area contributed by atoms with Gasteiger partial charge in [0.15, 0.2) is 0 Å². The molecule has 21 heavy (non-hydrogen) atoms. The Bertz CT molecular complexity index is 516. The third-order valence-corrected chi connectivity index (χ3v) is 4.13. The number of hydrogen-bond donors (Lipinski definition) is 0. The number of amides is 1. The van der Waals surface area contributed by atoms with Gasteiger partial charge in [0.05, 0.1) is 11.7 Å². The second kappa shape index (κ2) is 6.49. The number of carbonyl (C=O) groups excluding carboxylic acids is 1. The number of likely N-dealkylation sites (tertiary alicyclic amines) is 1. The molecule has 1 fully saturated rings. The Kier molecular flexibility index (Phi) is 5.10. The molecule has 0 aromatic heterocycles. The molecule has 1 saturated heterocycles. The highest BCUT2D eigenvalue weighted by Crippen LogP contribution is 2.21. The largest absolute Gasteiger partial charge is 0.369 e. The number of ether oxygens (including phenoxy) is 1. The maximum Gasteiger partial charge on any atom is 0.223 e. The van der Waals surface area contributed by atoms with Crippen LogP contribution in [-0.4, -0.2) is 35.6 Å². The highest BCUT2D eigenvalue weighted by molar-refractivity contribution is 9.10. The van der Waals surface area contributed by atoms with Gasteiger partial charge in [-0.15, -0.1) is 0 Å². The van der Waals surface area contributed by atoms with Gasteiger partial charge in [-0.1, -0.05) is 22.0 Å². The maximum absolute atomic E-state index is 12.1. The molecule has 1 amide bonds. The molecule has 1 heterocycles. The highest BCUT2D eigenvalue weighted by Gasteiger charge is 2.33. The number of benzene rings is 1. The van der Waals surface area contributed by atoms with Gasteiger partial charge in [0.1, 0.15) is 0 Å². The molecular formula is C17H24BrNO2. The third kappa shape index (κ3) is 4.82. The lowest BCUT2D eigenvalue weighted by molar-refractivity contribution is -0.157. The van der Waals surface area contributed by atoms with Gasteiger partial charge in [0, 0.05) is 24.0 Å². The van der Waals surface area contributed by atoms with Gasteiger partial charge in [0.2, 0.25) is 5.91 Å². The quantitative estimate of drug-likeness (QED) is 0.825. The van der Waals surface area contributed by atoms with E-state index in [2.05, 4.69) is 35.0 Å². The summed E-state index contributed by atoms with van der Waals surface area (Å²) in [6, 6.07) is 6.22. The van der Waals surface area contributed by atoms with Crippen molar-refractivity contribution in [2.45, 2.75) is 52.2 Å². The topological polar surface area (TPSA) is 29.5 Å². The summed E-state index contributed by atoms with van der Waals surface area (Å²) in [5.41, 5.74) is 2.35. The first-order valence-electron chi connectivity index (χ1n) is 7.45. The van der Waals surface area contributed by atoms with Crippen molar-refractivity contribution in [2.75, 3.05) is 13.1 Å². The molecule has 1 aliphatic rings. The molecule has 2 rings (SSSR count). The Labute approximate surface area is 135 Å². The van der Waals surface area contributed by atoms with E-state index in [9.17, 15) is 4.79 Å². The number of rotatable bonds is 4. The Morgan fingerprint density at radius 2 is 2.05 bits per heavy atom. The standard InChI is InChI=1S/C17H24BrNO2/c1-12-9-14(18)7-5-13(12)6-8-16(20)19-10-15(11-19)21-17(2,3)4/h5,7,9,15H,6,8,10-11H2,1-4H3. The zero-order valence-electron chi connectivity index (χ0n) is 13.3. The zero-order chi connectivity index (χ0) is 15.6. The molecule has 0 saturated carbocycles. The number of hydrogen-bond acceptors (Lipinski definition) is 2. The van der Waals surface area contributed by atoms with Crippen LogP contribution in [-0.2, 0) is 16.0 Å². The summed E-state index contributed by atoms with van der Waals surface area (Å²) in [6.07, 6.45) is 1.58. The predicted octanol–water partition coefficient (Wildman–Crippen LogP) is 3.72. The van der Waals surface area contributed by atoms with Crippen LogP contribution in [0.1, 0.15) is 38.3 Å². The van der Waals surface area contributed by atoms with Crippen LogP contribution >= 0.6 is 15.9 Å².